The van der Waals surface area contributed by atoms with Crippen LogP contribution in [0.1, 0.15) is 343 Å². The van der Waals surface area contributed by atoms with Crippen LogP contribution >= 0.6 is 0 Å². The summed E-state index contributed by atoms with van der Waals surface area (Å²) >= 11 is 0. The molecular weight excluding hydrogens is 829 g/mol. The normalized spacial score (nSPS) is 12.0. The lowest BCUT2D eigenvalue weighted by Gasteiger charge is -2.18. The molecule has 0 aromatic rings. The molecule has 0 saturated carbocycles. The van der Waals surface area contributed by atoms with Gasteiger partial charge in [-0.05, 0) is 31.1 Å². The first-order valence-electron chi connectivity index (χ1n) is 30.2. The number of hydrogen-bond donors (Lipinski definition) is 0. The van der Waals surface area contributed by atoms with Crippen molar-refractivity contribution in [3.8, 4) is 0 Å². The van der Waals surface area contributed by atoms with Crippen molar-refractivity contribution < 1.29 is 28.6 Å². The molecule has 0 aliphatic rings. The molecule has 0 aromatic heterocycles. The smallest absolute Gasteiger partial charge is 0.306 e. The van der Waals surface area contributed by atoms with E-state index in [9.17, 15) is 14.4 Å². The monoisotopic (exact) mass is 947 g/mol. The summed E-state index contributed by atoms with van der Waals surface area (Å²) in [6, 6.07) is 0. The summed E-state index contributed by atoms with van der Waals surface area (Å²) in [5.41, 5.74) is 0. The Morgan fingerprint density at radius 1 is 0.284 bits per heavy atom. The zero-order valence-corrected chi connectivity index (χ0v) is 46.0. The largest absolute Gasteiger partial charge is 0.462 e. The first kappa shape index (κ1) is 65.4. The molecule has 0 heterocycles. The van der Waals surface area contributed by atoms with Gasteiger partial charge >= 0.3 is 17.9 Å². The van der Waals surface area contributed by atoms with Gasteiger partial charge in [0.1, 0.15) is 13.2 Å². The fourth-order valence-electron chi connectivity index (χ4n) is 9.40. The number of ether oxygens (including phenoxy) is 3. The number of rotatable bonds is 55. The van der Waals surface area contributed by atoms with Crippen molar-refractivity contribution >= 4 is 17.9 Å². The minimum absolute atomic E-state index is 0.0626. The number of carbonyl (C=O) groups excluding carboxylic acids is 3. The molecule has 0 N–H and O–H groups in total. The first-order valence-corrected chi connectivity index (χ1v) is 30.2. The van der Waals surface area contributed by atoms with E-state index in [0.29, 0.717) is 19.3 Å². The molecule has 0 radical (unpaired) electrons. The molecule has 0 unspecified atom stereocenters. The third-order valence-electron chi connectivity index (χ3n) is 14.0. The van der Waals surface area contributed by atoms with E-state index >= 15 is 0 Å². The number of esters is 3. The van der Waals surface area contributed by atoms with E-state index in [0.717, 1.165) is 69.6 Å². The lowest BCUT2D eigenvalue weighted by Crippen LogP contribution is -2.30. The molecule has 0 amide bonds. The van der Waals surface area contributed by atoms with Crippen molar-refractivity contribution in [1.82, 2.24) is 0 Å². The third kappa shape index (κ3) is 55.2. The summed E-state index contributed by atoms with van der Waals surface area (Å²) in [6.07, 6.45) is 58.1. The van der Waals surface area contributed by atoms with Gasteiger partial charge < -0.3 is 14.2 Å². The zero-order chi connectivity index (χ0) is 48.9. The minimum Gasteiger partial charge on any atom is -0.462 e. The summed E-state index contributed by atoms with van der Waals surface area (Å²) in [4.78, 5) is 38.2. The molecule has 0 fully saturated rings. The predicted octanol–water partition coefficient (Wildman–Crippen LogP) is 20.0. The van der Waals surface area contributed by atoms with Gasteiger partial charge in [-0.3, -0.25) is 14.4 Å². The second kappa shape index (κ2) is 53.8. The minimum atomic E-state index is -0.763. The van der Waals surface area contributed by atoms with Crippen LogP contribution in [-0.2, 0) is 28.6 Å². The molecule has 0 bridgehead atoms. The fourth-order valence-corrected chi connectivity index (χ4v) is 9.40. The maximum Gasteiger partial charge on any atom is 0.306 e. The van der Waals surface area contributed by atoms with Crippen molar-refractivity contribution in [1.29, 1.82) is 0 Å². The lowest BCUT2D eigenvalue weighted by molar-refractivity contribution is -0.167. The molecule has 0 rings (SSSR count). The highest BCUT2D eigenvalue weighted by atomic mass is 16.6. The Morgan fingerprint density at radius 2 is 0.493 bits per heavy atom. The van der Waals surface area contributed by atoms with Crippen molar-refractivity contribution in [2.24, 2.45) is 11.8 Å². The predicted molar refractivity (Wildman–Crippen MR) is 289 cm³/mol. The van der Waals surface area contributed by atoms with E-state index in [4.69, 9.17) is 14.2 Å². The van der Waals surface area contributed by atoms with Crippen LogP contribution in [-0.4, -0.2) is 37.2 Å². The van der Waals surface area contributed by atoms with Crippen LogP contribution in [0.15, 0.2) is 0 Å². The highest BCUT2D eigenvalue weighted by Gasteiger charge is 2.19. The zero-order valence-electron chi connectivity index (χ0n) is 46.0. The number of hydrogen-bond acceptors (Lipinski definition) is 6. The van der Waals surface area contributed by atoms with Crippen molar-refractivity contribution in [2.45, 2.75) is 349 Å². The highest BCUT2D eigenvalue weighted by molar-refractivity contribution is 5.71. The van der Waals surface area contributed by atoms with Crippen LogP contribution in [0.3, 0.4) is 0 Å². The Bertz CT molecular complexity index is 1020. The van der Waals surface area contributed by atoms with Gasteiger partial charge in [-0.25, -0.2) is 0 Å². The Balaban J connectivity index is 4.29. The van der Waals surface area contributed by atoms with Crippen LogP contribution in [0, 0.1) is 11.8 Å². The molecule has 67 heavy (non-hydrogen) atoms. The maximum absolute atomic E-state index is 12.9. The molecule has 6 nitrogen and oxygen atoms in total. The van der Waals surface area contributed by atoms with E-state index in [2.05, 4.69) is 34.6 Å². The summed E-state index contributed by atoms with van der Waals surface area (Å²) < 4.78 is 16.9. The van der Waals surface area contributed by atoms with Crippen LogP contribution in [0.25, 0.3) is 0 Å². The van der Waals surface area contributed by atoms with Gasteiger partial charge in [0.05, 0.1) is 0 Å². The fraction of sp³-hybridized carbons (Fsp3) is 0.951. The topological polar surface area (TPSA) is 78.9 Å². The van der Waals surface area contributed by atoms with Gasteiger partial charge in [-0.1, -0.05) is 304 Å². The molecule has 6 heteroatoms. The maximum atomic E-state index is 12.9. The van der Waals surface area contributed by atoms with Gasteiger partial charge in [0, 0.05) is 19.3 Å². The molecular formula is C61H118O6. The first-order chi connectivity index (χ1) is 32.7. The molecule has 1 atom stereocenters. The van der Waals surface area contributed by atoms with Gasteiger partial charge in [-0.15, -0.1) is 0 Å². The summed E-state index contributed by atoms with van der Waals surface area (Å²) in [5, 5.41) is 0. The molecule has 0 aliphatic carbocycles. The van der Waals surface area contributed by atoms with Crippen LogP contribution < -0.4 is 0 Å². The molecule has 0 spiro atoms. The number of carbonyl (C=O) groups is 3. The summed E-state index contributed by atoms with van der Waals surface area (Å²) in [7, 11) is 0. The van der Waals surface area contributed by atoms with Crippen LogP contribution in [0.5, 0.6) is 0 Å². The van der Waals surface area contributed by atoms with Crippen LogP contribution in [0.2, 0.25) is 0 Å². The number of unbranched alkanes of at least 4 members (excludes halogenated alkanes) is 40. The molecule has 398 valence electrons. The van der Waals surface area contributed by atoms with Gasteiger partial charge in [0.25, 0.3) is 0 Å². The van der Waals surface area contributed by atoms with Crippen molar-refractivity contribution in [3.63, 3.8) is 0 Å². The van der Waals surface area contributed by atoms with E-state index in [1.165, 1.54) is 231 Å². The molecule has 0 saturated heterocycles. The second-order valence-corrected chi connectivity index (χ2v) is 21.9. The lowest BCUT2D eigenvalue weighted by atomic mass is 10.0. The quantitative estimate of drug-likeness (QED) is 0.0343. The summed E-state index contributed by atoms with van der Waals surface area (Å²) in [6.45, 7) is 11.4. The van der Waals surface area contributed by atoms with Crippen molar-refractivity contribution in [2.75, 3.05) is 13.2 Å². The summed E-state index contributed by atoms with van der Waals surface area (Å²) in [5.74, 6) is 0.830. The Labute approximate surface area is 418 Å². The Kier molecular flexibility index (Phi) is 52.5. The molecule has 0 aromatic carbocycles. The van der Waals surface area contributed by atoms with Crippen molar-refractivity contribution in [3.05, 3.63) is 0 Å². The standard InChI is InChI=1S/C61H118O6/c1-6-7-8-9-10-11-12-13-14-15-16-17-18-21-27-33-38-43-48-53-61(64)67-58(55-66-60(63)52-47-42-37-32-28-23-25-30-35-40-45-50-57(4)5)54-65-59(62)51-46-41-36-31-26-22-19-20-24-29-34-39-44-49-56(2)3/h56-58H,6-55H2,1-5H3/t58-/m0/s1. The Morgan fingerprint density at radius 3 is 0.731 bits per heavy atom. The van der Waals surface area contributed by atoms with Gasteiger partial charge in [0.15, 0.2) is 6.10 Å². The second-order valence-electron chi connectivity index (χ2n) is 21.9. The van der Waals surface area contributed by atoms with E-state index < -0.39 is 6.10 Å². The average molecular weight is 948 g/mol. The molecule has 0 aliphatic heterocycles. The van der Waals surface area contributed by atoms with Gasteiger partial charge in [0.2, 0.25) is 0 Å². The van der Waals surface area contributed by atoms with E-state index in [-0.39, 0.29) is 31.1 Å². The Hall–Kier alpha value is -1.59. The average Bonchev–Trinajstić information content (AvgIpc) is 3.30. The highest BCUT2D eigenvalue weighted by Crippen LogP contribution is 2.18. The SMILES string of the molecule is CCCCCCCCCCCCCCCCCCCCCC(=O)O[C@@H](COC(=O)CCCCCCCCCCCCCCCC(C)C)COC(=O)CCCCCCCCCCCCCC(C)C. The van der Waals surface area contributed by atoms with Gasteiger partial charge in [-0.2, -0.15) is 0 Å². The third-order valence-corrected chi connectivity index (χ3v) is 14.0. The van der Waals surface area contributed by atoms with E-state index in [1.807, 2.05) is 0 Å². The van der Waals surface area contributed by atoms with E-state index in [1.54, 1.807) is 0 Å². The van der Waals surface area contributed by atoms with Crippen LogP contribution in [0.4, 0.5) is 0 Å².